The maximum Gasteiger partial charge on any atom is 0.295 e. The van der Waals surface area contributed by atoms with Crippen LogP contribution in [-0.4, -0.2) is 145 Å². The zero-order valence-electron chi connectivity index (χ0n) is 43.9. The van der Waals surface area contributed by atoms with Crippen LogP contribution < -0.4 is 0 Å². The molecule has 14 nitrogen and oxygen atoms in total. The van der Waals surface area contributed by atoms with E-state index in [1.165, 1.54) is 86.4 Å². The Labute approximate surface area is 468 Å². The fraction of sp³-hybridized carbons (Fsp3) is 0.379. The van der Waals surface area contributed by atoms with E-state index in [0.29, 0.717) is 87.5 Å². The van der Waals surface area contributed by atoms with Gasteiger partial charge in [-0.25, -0.2) is 9.97 Å². The van der Waals surface area contributed by atoms with Crippen molar-refractivity contribution in [3.8, 4) is 21.7 Å². The van der Waals surface area contributed by atoms with Crippen molar-refractivity contribution in [2.24, 2.45) is 0 Å². The third-order valence-electron chi connectivity index (χ3n) is 13.6. The van der Waals surface area contributed by atoms with Gasteiger partial charge in [0.1, 0.15) is 10.3 Å². The summed E-state index contributed by atoms with van der Waals surface area (Å²) < 4.78 is 8.83. The number of Topliss-reactive ketones (excluding diaryl/α,β-unsaturated/α-hetero) is 2. The Kier molecular flexibility index (Phi) is 22.6. The average molecular weight is 1240 g/mol. The number of halogens is 3. The monoisotopic (exact) mass is 1240 g/mol. The van der Waals surface area contributed by atoms with Gasteiger partial charge in [-0.15, -0.1) is 0 Å². The number of nitrogens with one attached hydrogen (secondary N) is 2. The average Bonchev–Trinajstić information content (AvgIpc) is 4.14. The zero-order valence-corrected chi connectivity index (χ0v) is 49.8. The fourth-order valence-corrected chi connectivity index (χ4v) is 23.9. The topological polar surface area (TPSA) is 173 Å². The molecule has 2 fully saturated rings. The molecule has 2 saturated heterocycles. The van der Waals surface area contributed by atoms with E-state index in [0.717, 1.165) is 0 Å². The van der Waals surface area contributed by atoms with Gasteiger partial charge in [0, 0.05) is 99.0 Å². The Morgan fingerprint density at radius 3 is 1.38 bits per heavy atom. The molecular weight excluding hydrogens is 1170 g/mol. The number of carbonyl (C=O) groups excluding carboxylic acids is 6. The van der Waals surface area contributed by atoms with Crippen LogP contribution in [0.1, 0.15) is 120 Å². The van der Waals surface area contributed by atoms with Crippen molar-refractivity contribution in [2.45, 2.75) is 86.5 Å². The first kappa shape index (κ1) is 59.3. The molecule has 0 atom stereocenters. The first-order chi connectivity index (χ1) is 36.7. The van der Waals surface area contributed by atoms with E-state index in [1.54, 1.807) is 41.0 Å². The minimum atomic E-state index is -2.02. The molecule has 2 aliphatic heterocycles. The van der Waals surface area contributed by atoms with Crippen LogP contribution >= 0.6 is 39.1 Å². The van der Waals surface area contributed by atoms with Crippen molar-refractivity contribution < 1.29 is 28.8 Å². The summed E-state index contributed by atoms with van der Waals surface area (Å²) in [4.78, 5) is 97.1. The van der Waals surface area contributed by atoms with Crippen LogP contribution in [0.2, 0.25) is 23.4 Å². The van der Waals surface area contributed by atoms with Crippen LogP contribution in [-0.2, 0) is 9.59 Å². The van der Waals surface area contributed by atoms with Crippen LogP contribution in [0.3, 0.4) is 0 Å². The van der Waals surface area contributed by atoms with Crippen LogP contribution in [0.4, 0.5) is 0 Å². The number of aromatic amines is 2. The predicted molar refractivity (Wildman–Crippen MR) is 307 cm³/mol. The van der Waals surface area contributed by atoms with Gasteiger partial charge in [-0.05, 0) is 53.0 Å². The second-order valence-electron chi connectivity index (χ2n) is 18.7. The molecule has 8 rings (SSSR count). The Balaban J connectivity index is 0.000000195. The summed E-state index contributed by atoms with van der Waals surface area (Å²) in [6, 6.07) is 18.0. The number of carbonyl (C=O) groups is 6. The normalized spacial score (nSPS) is 13.3. The van der Waals surface area contributed by atoms with Gasteiger partial charge in [0.2, 0.25) is 0 Å². The van der Waals surface area contributed by atoms with E-state index >= 15 is 0 Å². The maximum atomic E-state index is 13.0. The molecule has 2 aliphatic rings. The number of pyridine rings is 2. The number of hydrogen-bond donors (Lipinski definition) is 2. The van der Waals surface area contributed by atoms with Crippen molar-refractivity contribution in [1.29, 1.82) is 0 Å². The van der Waals surface area contributed by atoms with Crippen molar-refractivity contribution in [2.75, 3.05) is 52.4 Å². The van der Waals surface area contributed by atoms with Gasteiger partial charge < -0.3 is 29.6 Å². The number of benzene rings is 2. The molecule has 0 unspecified atom stereocenters. The largest absolute Gasteiger partial charge is 0.358 e. The summed E-state index contributed by atoms with van der Waals surface area (Å²) in [7, 11) is 0. The molecule has 0 radical (unpaired) electrons. The standard InChI is InChI=1S/C23H19ClN4O3.C20H16BrClN4O3.3C4H9.C3H3.Sn/c1-2-6-18-20-19(17(24)14-25-18)16(13-26-20)21(29)23(31)28-11-9-27(10-12-28)22(30)15-7-4-3-5-8-15;21-18-16-15(14(22)11-24-18)13(10-23-16)17(27)20(29)26-8-6-25(7-9-26)19(28)12-4-2-1-3-5-12;3*1-3-4-2;1-3-2;/h3-5,7-8,13-14,26H,9-12H2,1H3;1-5,10-11,23H,6-9H2;3*1,3-4H2,2H3;1H3;. The Morgan fingerprint density at radius 1 is 0.579 bits per heavy atom. The van der Waals surface area contributed by atoms with E-state index in [2.05, 4.69) is 85.3 Å². The molecule has 2 N–H and O–H groups in total. The number of H-pyrrole nitrogens is 2. The first-order valence-corrected chi connectivity index (χ1v) is 34.9. The number of piperazine rings is 2. The minimum Gasteiger partial charge on any atom is -0.358 e. The second kappa shape index (κ2) is 29.0. The molecule has 4 aromatic heterocycles. The van der Waals surface area contributed by atoms with Gasteiger partial charge >= 0.3 is 108 Å². The third kappa shape index (κ3) is 14.7. The molecule has 18 heteroatoms. The number of hydrogen-bond acceptors (Lipinski definition) is 8. The van der Waals surface area contributed by atoms with Crippen LogP contribution in [0.5, 0.6) is 0 Å². The Bertz CT molecular complexity index is 3120. The second-order valence-corrected chi connectivity index (χ2v) is 32.5. The molecule has 0 spiro atoms. The summed E-state index contributed by atoms with van der Waals surface area (Å²) in [5.41, 5.74) is 3.15. The fourth-order valence-electron chi connectivity index (χ4n) is 9.40. The van der Waals surface area contributed by atoms with Crippen molar-refractivity contribution >= 4 is 115 Å². The van der Waals surface area contributed by atoms with Crippen molar-refractivity contribution in [1.82, 2.24) is 39.5 Å². The molecule has 0 bridgehead atoms. The molecule has 6 heterocycles. The maximum absolute atomic E-state index is 13.0. The number of rotatable bonds is 15. The van der Waals surface area contributed by atoms with Gasteiger partial charge in [0.15, 0.2) is 0 Å². The Hall–Kier alpha value is -5.98. The molecule has 398 valence electrons. The van der Waals surface area contributed by atoms with Gasteiger partial charge in [-0.3, -0.25) is 28.8 Å². The molecule has 0 saturated carbocycles. The minimum absolute atomic E-state index is 0.0789. The number of amides is 4. The predicted octanol–water partition coefficient (Wildman–Crippen LogP) is 11.3. The smallest absolute Gasteiger partial charge is 0.295 e. The summed E-state index contributed by atoms with van der Waals surface area (Å²) >= 11 is 13.7. The molecule has 0 aliphatic carbocycles. The van der Waals surface area contributed by atoms with Gasteiger partial charge in [0.05, 0.1) is 32.2 Å². The van der Waals surface area contributed by atoms with E-state index in [-0.39, 0.29) is 41.1 Å². The summed E-state index contributed by atoms with van der Waals surface area (Å²) in [6.45, 7) is 13.3. The summed E-state index contributed by atoms with van der Waals surface area (Å²) in [5, 5.41) is 1.46. The first-order valence-electron chi connectivity index (χ1n) is 25.9. The SMILES string of the molecule is CC#Cc1ncc(Cl)c2c(C(=O)C(=O)N3CCN(C(=O)c4ccccc4)CC3)c[nH]c12.CC#[C][Sn]([CH2]CCC)([CH2]CCC)[CH2]CCC.O=C(C(=O)N1CCN(C(=O)c2ccccc2)CC1)c1c[nH]c2c(Br)ncc(Cl)c12. The molecule has 76 heavy (non-hydrogen) atoms. The van der Waals surface area contributed by atoms with E-state index in [9.17, 15) is 28.8 Å². The number of unbranched alkanes of at least 4 members (excludes halogenated alkanes) is 3. The summed E-state index contributed by atoms with van der Waals surface area (Å²) in [5.74, 6) is 6.21. The third-order valence-corrected chi connectivity index (χ3v) is 28.2. The number of aromatic nitrogens is 4. The molecule has 4 amide bonds. The molecule has 6 aromatic rings. The van der Waals surface area contributed by atoms with Gasteiger partial charge in [-0.2, -0.15) is 0 Å². The quantitative estimate of drug-likeness (QED) is 0.0336. The number of nitrogens with zero attached hydrogens (tertiary/aromatic N) is 6. The van der Waals surface area contributed by atoms with E-state index in [4.69, 9.17) is 23.2 Å². The van der Waals surface area contributed by atoms with E-state index in [1.807, 2.05) is 36.4 Å². The summed E-state index contributed by atoms with van der Waals surface area (Å²) in [6.07, 6.45) is 14.1. The van der Waals surface area contributed by atoms with Crippen LogP contribution in [0.15, 0.2) is 90.1 Å². The van der Waals surface area contributed by atoms with Crippen LogP contribution in [0, 0.1) is 21.7 Å². The molecular formula is C58H65BrCl2N8O6Sn. The van der Waals surface area contributed by atoms with Crippen LogP contribution in [0.25, 0.3) is 21.8 Å². The van der Waals surface area contributed by atoms with Gasteiger partial charge in [0.25, 0.3) is 35.2 Å². The zero-order chi connectivity index (χ0) is 54.8. The van der Waals surface area contributed by atoms with E-state index < -0.39 is 41.8 Å². The van der Waals surface area contributed by atoms with Crippen molar-refractivity contribution in [3.05, 3.63) is 128 Å². The van der Waals surface area contributed by atoms with Gasteiger partial charge in [-0.1, -0.05) is 65.5 Å². The van der Waals surface area contributed by atoms with Crippen molar-refractivity contribution in [3.63, 3.8) is 0 Å². The molecule has 2 aromatic carbocycles. The number of fused-ring (bicyclic) bond motifs is 2. The Morgan fingerprint density at radius 2 is 0.974 bits per heavy atom. The number of ketones is 2.